The van der Waals surface area contributed by atoms with Crippen molar-refractivity contribution in [1.29, 1.82) is 0 Å². The van der Waals surface area contributed by atoms with E-state index in [1.165, 1.54) is 0 Å². The van der Waals surface area contributed by atoms with Crippen LogP contribution in [0.5, 0.6) is 0 Å². The van der Waals surface area contributed by atoms with Gasteiger partial charge in [0.15, 0.2) is 0 Å². The standard InChI is InChI=1S/C10H10N2O4S/c1-2-5-12-17(15,16)9-4-3-7(10(13)14)6-8(9)11/h1,3-4,6,12H,5,11H2,(H,13,14). The number of anilines is 1. The second kappa shape index (κ2) is 4.86. The van der Waals surface area contributed by atoms with Gasteiger partial charge < -0.3 is 10.8 Å². The Balaban J connectivity index is 3.17. The molecule has 0 fully saturated rings. The van der Waals surface area contributed by atoms with Crippen LogP contribution in [0.3, 0.4) is 0 Å². The van der Waals surface area contributed by atoms with Gasteiger partial charge in [-0.1, -0.05) is 5.92 Å². The minimum absolute atomic E-state index is 0.0848. The lowest BCUT2D eigenvalue weighted by atomic mass is 10.2. The molecule has 0 atom stereocenters. The van der Waals surface area contributed by atoms with Crippen LogP contribution in [-0.2, 0) is 10.0 Å². The van der Waals surface area contributed by atoms with Crippen LogP contribution in [0, 0.1) is 12.3 Å². The van der Waals surface area contributed by atoms with Crippen molar-refractivity contribution in [2.45, 2.75) is 4.90 Å². The SMILES string of the molecule is C#CCNS(=O)(=O)c1ccc(C(=O)O)cc1N. The van der Waals surface area contributed by atoms with Crippen LogP contribution in [0.2, 0.25) is 0 Å². The van der Waals surface area contributed by atoms with Gasteiger partial charge in [0.25, 0.3) is 0 Å². The number of sulfonamides is 1. The van der Waals surface area contributed by atoms with Gasteiger partial charge in [-0.05, 0) is 18.2 Å². The normalized spacial score (nSPS) is 10.8. The van der Waals surface area contributed by atoms with Gasteiger partial charge in [0.05, 0.1) is 17.8 Å². The van der Waals surface area contributed by atoms with Crippen molar-refractivity contribution in [3.8, 4) is 12.3 Å². The molecule has 1 aromatic carbocycles. The summed E-state index contributed by atoms with van der Waals surface area (Å²) in [7, 11) is -3.81. The number of nitrogen functional groups attached to an aromatic ring is 1. The van der Waals surface area contributed by atoms with Crippen molar-refractivity contribution >= 4 is 21.7 Å². The third-order valence-corrected chi connectivity index (χ3v) is 3.39. The lowest BCUT2D eigenvalue weighted by molar-refractivity contribution is 0.0697. The Hall–Kier alpha value is -2.04. The molecule has 0 bridgehead atoms. The molecule has 17 heavy (non-hydrogen) atoms. The van der Waals surface area contributed by atoms with Crippen LogP contribution in [0.15, 0.2) is 23.1 Å². The van der Waals surface area contributed by atoms with Crippen LogP contribution in [-0.4, -0.2) is 26.0 Å². The summed E-state index contributed by atoms with van der Waals surface area (Å²) in [6.45, 7) is -0.164. The van der Waals surface area contributed by atoms with Crippen molar-refractivity contribution in [3.05, 3.63) is 23.8 Å². The second-order valence-corrected chi connectivity index (χ2v) is 4.82. The summed E-state index contributed by atoms with van der Waals surface area (Å²) in [6.07, 6.45) is 4.93. The molecule has 7 heteroatoms. The zero-order valence-corrected chi connectivity index (χ0v) is 9.49. The second-order valence-electron chi connectivity index (χ2n) is 3.09. The molecule has 0 aliphatic carbocycles. The third-order valence-electron chi connectivity index (χ3n) is 1.91. The van der Waals surface area contributed by atoms with E-state index >= 15 is 0 Å². The molecule has 0 aliphatic heterocycles. The van der Waals surface area contributed by atoms with Crippen LogP contribution < -0.4 is 10.5 Å². The quantitative estimate of drug-likeness (QED) is 0.512. The summed E-state index contributed by atoms with van der Waals surface area (Å²) in [4.78, 5) is 10.4. The molecule has 0 radical (unpaired) electrons. The highest BCUT2D eigenvalue weighted by molar-refractivity contribution is 7.89. The van der Waals surface area contributed by atoms with Gasteiger partial charge >= 0.3 is 5.97 Å². The van der Waals surface area contributed by atoms with E-state index in [0.717, 1.165) is 18.2 Å². The average Bonchev–Trinajstić information content (AvgIpc) is 2.25. The molecule has 90 valence electrons. The first-order valence-electron chi connectivity index (χ1n) is 4.44. The van der Waals surface area contributed by atoms with Crippen LogP contribution in [0.1, 0.15) is 10.4 Å². The van der Waals surface area contributed by atoms with Crippen molar-refractivity contribution in [2.24, 2.45) is 0 Å². The van der Waals surface area contributed by atoms with E-state index in [2.05, 4.69) is 10.6 Å². The Morgan fingerprint density at radius 2 is 2.18 bits per heavy atom. The van der Waals surface area contributed by atoms with Gasteiger partial charge in [0.1, 0.15) is 4.90 Å². The lowest BCUT2D eigenvalue weighted by Gasteiger charge is -2.07. The fraction of sp³-hybridized carbons (Fsp3) is 0.100. The first-order chi connectivity index (χ1) is 7.88. The summed E-state index contributed by atoms with van der Waals surface area (Å²) < 4.78 is 25.4. The molecular weight excluding hydrogens is 244 g/mol. The molecule has 0 aromatic heterocycles. The Labute approximate surface area is 98.5 Å². The van der Waals surface area contributed by atoms with E-state index in [1.54, 1.807) is 0 Å². The van der Waals surface area contributed by atoms with Gasteiger partial charge in [-0.25, -0.2) is 13.2 Å². The van der Waals surface area contributed by atoms with Crippen LogP contribution >= 0.6 is 0 Å². The minimum Gasteiger partial charge on any atom is -0.478 e. The van der Waals surface area contributed by atoms with Crippen molar-refractivity contribution < 1.29 is 18.3 Å². The van der Waals surface area contributed by atoms with Gasteiger partial charge in [0, 0.05) is 0 Å². The first-order valence-corrected chi connectivity index (χ1v) is 5.92. The number of carboxylic acid groups (broad SMARTS) is 1. The predicted molar refractivity (Wildman–Crippen MR) is 61.8 cm³/mol. The molecule has 0 amide bonds. The molecule has 0 heterocycles. The number of carbonyl (C=O) groups is 1. The predicted octanol–water partition coefficient (Wildman–Crippen LogP) is -0.122. The lowest BCUT2D eigenvalue weighted by Crippen LogP contribution is -2.25. The van der Waals surface area contributed by atoms with Crippen LogP contribution in [0.4, 0.5) is 5.69 Å². The Bertz CT molecular complexity index is 587. The summed E-state index contributed by atoms with van der Waals surface area (Å²) in [6, 6.07) is 3.35. The van der Waals surface area contributed by atoms with Crippen molar-refractivity contribution in [3.63, 3.8) is 0 Å². The Kier molecular flexibility index (Phi) is 3.73. The zero-order valence-electron chi connectivity index (χ0n) is 8.67. The minimum atomic E-state index is -3.81. The summed E-state index contributed by atoms with van der Waals surface area (Å²) >= 11 is 0. The van der Waals surface area contributed by atoms with E-state index in [-0.39, 0.29) is 22.7 Å². The molecule has 1 aromatic rings. The number of hydrogen-bond acceptors (Lipinski definition) is 4. The van der Waals surface area contributed by atoms with E-state index in [4.69, 9.17) is 17.3 Å². The van der Waals surface area contributed by atoms with Gasteiger partial charge in [-0.15, -0.1) is 6.42 Å². The number of terminal acetylenes is 1. The van der Waals surface area contributed by atoms with Crippen molar-refractivity contribution in [2.75, 3.05) is 12.3 Å². The topological polar surface area (TPSA) is 109 Å². The fourth-order valence-electron chi connectivity index (χ4n) is 1.14. The fourth-order valence-corrected chi connectivity index (χ4v) is 2.19. The molecule has 1 rings (SSSR count). The maximum Gasteiger partial charge on any atom is 0.335 e. The molecule has 6 nitrogen and oxygen atoms in total. The molecular formula is C10H10N2O4S. The first kappa shape index (κ1) is 13.0. The number of nitrogens with two attached hydrogens (primary N) is 1. The van der Waals surface area contributed by atoms with E-state index in [9.17, 15) is 13.2 Å². The highest BCUT2D eigenvalue weighted by Gasteiger charge is 2.17. The van der Waals surface area contributed by atoms with Gasteiger partial charge in [0.2, 0.25) is 10.0 Å². The molecule has 0 saturated carbocycles. The average molecular weight is 254 g/mol. The number of hydrogen-bond donors (Lipinski definition) is 3. The van der Waals surface area contributed by atoms with Crippen molar-refractivity contribution in [1.82, 2.24) is 4.72 Å². The highest BCUT2D eigenvalue weighted by Crippen LogP contribution is 2.19. The monoisotopic (exact) mass is 254 g/mol. The highest BCUT2D eigenvalue weighted by atomic mass is 32.2. The van der Waals surface area contributed by atoms with Crippen LogP contribution in [0.25, 0.3) is 0 Å². The smallest absolute Gasteiger partial charge is 0.335 e. The summed E-state index contributed by atoms with van der Waals surface area (Å²) in [5.41, 5.74) is 5.25. The third kappa shape index (κ3) is 2.96. The van der Waals surface area contributed by atoms with E-state index < -0.39 is 16.0 Å². The maximum atomic E-state index is 11.7. The molecule has 0 spiro atoms. The molecule has 4 N–H and O–H groups in total. The summed E-state index contributed by atoms with van der Waals surface area (Å²) in [5.74, 6) is 0.934. The van der Waals surface area contributed by atoms with Gasteiger partial charge in [-0.3, -0.25) is 0 Å². The number of carboxylic acids is 1. The van der Waals surface area contributed by atoms with E-state index in [0.29, 0.717) is 0 Å². The molecule has 0 aliphatic rings. The Morgan fingerprint density at radius 1 is 1.53 bits per heavy atom. The number of nitrogens with one attached hydrogen (secondary N) is 1. The number of aromatic carboxylic acids is 1. The van der Waals surface area contributed by atoms with E-state index in [1.807, 2.05) is 0 Å². The zero-order chi connectivity index (χ0) is 13.1. The summed E-state index contributed by atoms with van der Waals surface area (Å²) in [5, 5.41) is 8.70. The molecule has 0 unspecified atom stereocenters. The van der Waals surface area contributed by atoms with Gasteiger partial charge in [-0.2, -0.15) is 4.72 Å². The molecule has 0 saturated heterocycles. The largest absolute Gasteiger partial charge is 0.478 e. The number of rotatable bonds is 4. The Morgan fingerprint density at radius 3 is 2.65 bits per heavy atom. The maximum absolute atomic E-state index is 11.7. The number of benzene rings is 1.